The number of amides is 1. The van der Waals surface area contributed by atoms with Crippen LogP contribution in [0, 0.1) is 6.92 Å². The summed E-state index contributed by atoms with van der Waals surface area (Å²) in [5.41, 5.74) is 1.40. The van der Waals surface area contributed by atoms with E-state index in [1.54, 1.807) is 25.1 Å². The van der Waals surface area contributed by atoms with Crippen LogP contribution < -0.4 is 15.4 Å². The molecule has 7 heteroatoms. The van der Waals surface area contributed by atoms with Gasteiger partial charge in [0.15, 0.2) is 0 Å². The maximum atomic E-state index is 12.3. The van der Waals surface area contributed by atoms with Gasteiger partial charge in [0.25, 0.3) is 0 Å². The molecule has 1 heterocycles. The highest BCUT2D eigenvalue weighted by Gasteiger charge is 2.35. The molecule has 1 amide bonds. The Hall–Kier alpha value is -1.60. The molecule has 21 heavy (non-hydrogen) atoms. The fourth-order valence-electron chi connectivity index (χ4n) is 2.41. The molecule has 0 aromatic heterocycles. The molecule has 116 valence electrons. The monoisotopic (exact) mass is 311 g/mol. The van der Waals surface area contributed by atoms with Crippen molar-refractivity contribution in [2.75, 3.05) is 22.8 Å². The number of anilines is 2. The summed E-state index contributed by atoms with van der Waals surface area (Å²) >= 11 is 0. The molecule has 1 aliphatic heterocycles. The van der Waals surface area contributed by atoms with Gasteiger partial charge >= 0.3 is 0 Å². The lowest BCUT2D eigenvalue weighted by atomic mass is 9.99. The van der Waals surface area contributed by atoms with E-state index in [1.807, 2.05) is 6.92 Å². The van der Waals surface area contributed by atoms with E-state index in [9.17, 15) is 13.2 Å². The summed E-state index contributed by atoms with van der Waals surface area (Å²) in [5.74, 6) is -0.0665. The number of hydrogen-bond donors (Lipinski definition) is 3. The van der Waals surface area contributed by atoms with Crippen LogP contribution in [0.2, 0.25) is 0 Å². The molecule has 6 nitrogen and oxygen atoms in total. The molecule has 0 saturated carbocycles. The first-order valence-corrected chi connectivity index (χ1v) is 8.74. The van der Waals surface area contributed by atoms with Gasteiger partial charge in [0.05, 0.1) is 17.5 Å². The lowest BCUT2D eigenvalue weighted by molar-refractivity contribution is -0.121. The fraction of sp³-hybridized carbons (Fsp3) is 0.500. The molecule has 0 bridgehead atoms. The Morgan fingerprint density at radius 1 is 1.38 bits per heavy atom. The van der Waals surface area contributed by atoms with Crippen LogP contribution in [0.15, 0.2) is 18.2 Å². The molecule has 1 aromatic carbocycles. The molecule has 1 unspecified atom stereocenters. The van der Waals surface area contributed by atoms with Gasteiger partial charge in [0.1, 0.15) is 0 Å². The summed E-state index contributed by atoms with van der Waals surface area (Å²) in [4.78, 5) is 12.3. The second kappa shape index (κ2) is 5.65. The molecule has 2 rings (SSSR count). The molecule has 1 atom stereocenters. The van der Waals surface area contributed by atoms with E-state index >= 15 is 0 Å². The smallest absolute Gasteiger partial charge is 0.244 e. The van der Waals surface area contributed by atoms with Gasteiger partial charge in [-0.25, -0.2) is 8.42 Å². The molecule has 1 aromatic rings. The predicted molar refractivity (Wildman–Crippen MR) is 83.9 cm³/mol. The number of carbonyl (C=O) groups excluding carboxylic acids is 1. The lowest BCUT2D eigenvalue weighted by Gasteiger charge is -2.23. The molecule has 0 spiro atoms. The molecule has 3 N–H and O–H groups in total. The SMILES string of the molecule is Cc1cc(NC(=O)C2(C)CCCN2)ccc1NS(C)(=O)=O. The van der Waals surface area contributed by atoms with Crippen LogP contribution in [0.4, 0.5) is 11.4 Å². The van der Waals surface area contributed by atoms with Gasteiger partial charge in [-0.15, -0.1) is 0 Å². The highest BCUT2D eigenvalue weighted by molar-refractivity contribution is 7.92. The Bertz CT molecular complexity index is 649. The van der Waals surface area contributed by atoms with E-state index < -0.39 is 15.6 Å². The van der Waals surface area contributed by atoms with Crippen molar-refractivity contribution in [2.24, 2.45) is 0 Å². The number of rotatable bonds is 4. The van der Waals surface area contributed by atoms with Crippen LogP contribution in [0.25, 0.3) is 0 Å². The number of hydrogen-bond acceptors (Lipinski definition) is 4. The quantitative estimate of drug-likeness (QED) is 0.785. The van der Waals surface area contributed by atoms with Crippen molar-refractivity contribution in [3.05, 3.63) is 23.8 Å². The van der Waals surface area contributed by atoms with Crippen LogP contribution in [0.5, 0.6) is 0 Å². The van der Waals surface area contributed by atoms with Crippen molar-refractivity contribution in [2.45, 2.75) is 32.2 Å². The first-order valence-electron chi connectivity index (χ1n) is 6.84. The maximum absolute atomic E-state index is 12.3. The van der Waals surface area contributed by atoms with Gasteiger partial charge in [0, 0.05) is 5.69 Å². The summed E-state index contributed by atoms with van der Waals surface area (Å²) in [7, 11) is -3.31. The average molecular weight is 311 g/mol. The zero-order chi connectivity index (χ0) is 15.7. The van der Waals surface area contributed by atoms with Crippen LogP contribution in [-0.4, -0.2) is 32.7 Å². The first kappa shape index (κ1) is 15.8. The highest BCUT2D eigenvalue weighted by atomic mass is 32.2. The van der Waals surface area contributed by atoms with Crippen molar-refractivity contribution in [3.8, 4) is 0 Å². The average Bonchev–Trinajstić information content (AvgIpc) is 2.80. The van der Waals surface area contributed by atoms with E-state index in [1.165, 1.54) is 0 Å². The molecular weight excluding hydrogens is 290 g/mol. The number of carbonyl (C=O) groups is 1. The van der Waals surface area contributed by atoms with Gasteiger partial charge in [-0.1, -0.05) is 0 Å². The number of sulfonamides is 1. The number of aryl methyl sites for hydroxylation is 1. The van der Waals surface area contributed by atoms with Crippen molar-refractivity contribution < 1.29 is 13.2 Å². The zero-order valence-corrected chi connectivity index (χ0v) is 13.3. The van der Waals surface area contributed by atoms with E-state index in [4.69, 9.17) is 0 Å². The standard InChI is InChI=1S/C14H21N3O3S/c1-10-9-11(5-6-12(10)17-21(3,19)20)16-13(18)14(2)7-4-8-15-14/h5-6,9,15,17H,4,7-8H2,1-3H3,(H,16,18). The molecule has 1 fully saturated rings. The van der Waals surface area contributed by atoms with Crippen LogP contribution >= 0.6 is 0 Å². The fourth-order valence-corrected chi connectivity index (χ4v) is 3.04. The molecular formula is C14H21N3O3S. The highest BCUT2D eigenvalue weighted by Crippen LogP contribution is 2.24. The molecule has 1 saturated heterocycles. The third-order valence-electron chi connectivity index (χ3n) is 3.65. The van der Waals surface area contributed by atoms with Crippen molar-refractivity contribution in [1.29, 1.82) is 0 Å². The Kier molecular flexibility index (Phi) is 4.25. The Morgan fingerprint density at radius 3 is 2.62 bits per heavy atom. The lowest BCUT2D eigenvalue weighted by Crippen LogP contribution is -2.47. The first-order chi connectivity index (χ1) is 9.70. The van der Waals surface area contributed by atoms with Gasteiger partial charge in [-0.2, -0.15) is 0 Å². The van der Waals surface area contributed by atoms with Gasteiger partial charge in [-0.05, 0) is 57.0 Å². The second-order valence-corrected chi connectivity index (χ2v) is 7.47. The van der Waals surface area contributed by atoms with Crippen molar-refractivity contribution in [1.82, 2.24) is 5.32 Å². The summed E-state index contributed by atoms with van der Waals surface area (Å²) in [6.45, 7) is 4.53. The minimum Gasteiger partial charge on any atom is -0.324 e. The Balaban J connectivity index is 2.12. The van der Waals surface area contributed by atoms with Gasteiger partial charge in [-0.3, -0.25) is 9.52 Å². The third-order valence-corrected chi connectivity index (χ3v) is 4.24. The number of nitrogens with one attached hydrogen (secondary N) is 3. The number of benzene rings is 1. The summed E-state index contributed by atoms with van der Waals surface area (Å²) in [6.07, 6.45) is 2.90. The van der Waals surface area contributed by atoms with E-state index in [2.05, 4.69) is 15.4 Å². The predicted octanol–water partition coefficient (Wildman–Crippen LogP) is 1.45. The second-order valence-electron chi connectivity index (χ2n) is 5.72. The summed E-state index contributed by atoms with van der Waals surface area (Å²) < 4.78 is 24.9. The normalized spacial score (nSPS) is 22.0. The molecule has 0 aliphatic carbocycles. The zero-order valence-electron chi connectivity index (χ0n) is 12.5. The van der Waals surface area contributed by atoms with Gasteiger partial charge in [0.2, 0.25) is 15.9 Å². The Labute approximate surface area is 125 Å². The van der Waals surface area contributed by atoms with E-state index in [0.717, 1.165) is 31.2 Å². The van der Waals surface area contributed by atoms with Crippen LogP contribution in [0.1, 0.15) is 25.3 Å². The minimum absolute atomic E-state index is 0.0665. The Morgan fingerprint density at radius 2 is 2.10 bits per heavy atom. The molecule has 0 radical (unpaired) electrons. The van der Waals surface area contributed by atoms with Crippen molar-refractivity contribution in [3.63, 3.8) is 0 Å². The minimum atomic E-state index is -3.31. The van der Waals surface area contributed by atoms with Gasteiger partial charge < -0.3 is 10.6 Å². The summed E-state index contributed by atoms with van der Waals surface area (Å²) in [5, 5.41) is 6.08. The van der Waals surface area contributed by atoms with Crippen LogP contribution in [0.3, 0.4) is 0 Å². The topological polar surface area (TPSA) is 87.3 Å². The van der Waals surface area contributed by atoms with Crippen LogP contribution in [-0.2, 0) is 14.8 Å². The van der Waals surface area contributed by atoms with E-state index in [-0.39, 0.29) is 5.91 Å². The maximum Gasteiger partial charge on any atom is 0.244 e. The summed E-state index contributed by atoms with van der Waals surface area (Å²) in [6, 6.07) is 5.09. The molecule has 1 aliphatic rings. The van der Waals surface area contributed by atoms with Crippen molar-refractivity contribution >= 4 is 27.3 Å². The van der Waals surface area contributed by atoms with E-state index in [0.29, 0.717) is 11.4 Å². The third kappa shape index (κ3) is 3.95. The largest absolute Gasteiger partial charge is 0.324 e.